The number of nitrogens with zero attached hydrogens (tertiary/aromatic N) is 3. The SMILES string of the molecule is CC(=O)Nc1ccc(CN2CCC3(CCN(CCN4CCOCC4)C3=O)C2)cc1. The minimum atomic E-state index is -0.179. The summed E-state index contributed by atoms with van der Waals surface area (Å²) in [6.45, 7) is 10.4. The van der Waals surface area contributed by atoms with Crippen LogP contribution in [0.5, 0.6) is 0 Å². The number of likely N-dealkylation sites (tertiary alicyclic amines) is 2. The molecule has 1 aromatic rings. The van der Waals surface area contributed by atoms with Crippen LogP contribution >= 0.6 is 0 Å². The van der Waals surface area contributed by atoms with E-state index in [2.05, 4.69) is 32.1 Å². The van der Waals surface area contributed by atoms with Crippen LogP contribution in [0.4, 0.5) is 5.69 Å². The molecular weight excluding hydrogens is 368 g/mol. The molecule has 3 aliphatic rings. The molecule has 3 saturated heterocycles. The fraction of sp³-hybridized carbons (Fsp3) is 0.636. The summed E-state index contributed by atoms with van der Waals surface area (Å²) in [5.74, 6) is 0.298. The minimum Gasteiger partial charge on any atom is -0.379 e. The number of rotatable bonds is 6. The Hall–Kier alpha value is -1.96. The lowest BCUT2D eigenvalue weighted by Crippen LogP contribution is -2.43. The van der Waals surface area contributed by atoms with E-state index in [4.69, 9.17) is 4.74 Å². The van der Waals surface area contributed by atoms with Crippen molar-refractivity contribution < 1.29 is 14.3 Å². The number of morpholine rings is 1. The van der Waals surface area contributed by atoms with E-state index < -0.39 is 0 Å². The Morgan fingerprint density at radius 3 is 2.48 bits per heavy atom. The standard InChI is InChI=1S/C22H32N4O3/c1-18(27)23-20-4-2-19(3-5-20)16-25-8-6-22(17-25)7-9-26(21(22)28)11-10-24-12-14-29-15-13-24/h2-5H,6-17H2,1H3,(H,23,27). The van der Waals surface area contributed by atoms with Crippen molar-refractivity contribution in [2.24, 2.45) is 5.41 Å². The summed E-state index contributed by atoms with van der Waals surface area (Å²) < 4.78 is 5.41. The van der Waals surface area contributed by atoms with E-state index in [1.165, 1.54) is 12.5 Å². The van der Waals surface area contributed by atoms with Gasteiger partial charge in [0.15, 0.2) is 0 Å². The maximum atomic E-state index is 13.2. The van der Waals surface area contributed by atoms with Crippen LogP contribution in [0.15, 0.2) is 24.3 Å². The third kappa shape index (κ3) is 4.79. The van der Waals surface area contributed by atoms with Crippen LogP contribution in [0.3, 0.4) is 0 Å². The molecule has 0 aliphatic carbocycles. The number of hydrogen-bond acceptors (Lipinski definition) is 5. The molecule has 158 valence electrons. The maximum absolute atomic E-state index is 13.2. The Labute approximate surface area is 173 Å². The highest BCUT2D eigenvalue weighted by Crippen LogP contribution is 2.41. The molecule has 1 aromatic carbocycles. The highest BCUT2D eigenvalue weighted by atomic mass is 16.5. The molecule has 7 heteroatoms. The summed E-state index contributed by atoms with van der Waals surface area (Å²) >= 11 is 0. The van der Waals surface area contributed by atoms with Gasteiger partial charge in [-0.3, -0.25) is 19.4 Å². The average Bonchev–Trinajstić information content (AvgIpc) is 3.26. The Kier molecular flexibility index (Phi) is 6.18. The van der Waals surface area contributed by atoms with Crippen molar-refractivity contribution in [2.45, 2.75) is 26.3 Å². The Bertz CT molecular complexity index is 732. The molecule has 1 N–H and O–H groups in total. The summed E-state index contributed by atoms with van der Waals surface area (Å²) in [6, 6.07) is 8.00. The second kappa shape index (κ2) is 8.81. The van der Waals surface area contributed by atoms with Crippen molar-refractivity contribution in [1.82, 2.24) is 14.7 Å². The first kappa shape index (κ1) is 20.3. The molecule has 4 rings (SSSR count). The van der Waals surface area contributed by atoms with Crippen LogP contribution in [-0.4, -0.2) is 85.5 Å². The number of carbonyl (C=O) groups excluding carboxylic acids is 2. The van der Waals surface area contributed by atoms with Crippen molar-refractivity contribution >= 4 is 17.5 Å². The fourth-order valence-electron chi connectivity index (χ4n) is 4.82. The maximum Gasteiger partial charge on any atom is 0.230 e. The van der Waals surface area contributed by atoms with E-state index in [0.717, 1.165) is 84.1 Å². The van der Waals surface area contributed by atoms with Crippen molar-refractivity contribution in [1.29, 1.82) is 0 Å². The van der Waals surface area contributed by atoms with Crippen molar-refractivity contribution in [3.8, 4) is 0 Å². The largest absolute Gasteiger partial charge is 0.379 e. The predicted octanol–water partition coefficient (Wildman–Crippen LogP) is 1.40. The van der Waals surface area contributed by atoms with Crippen LogP contribution in [0.1, 0.15) is 25.3 Å². The van der Waals surface area contributed by atoms with Gasteiger partial charge in [-0.1, -0.05) is 12.1 Å². The lowest BCUT2D eigenvalue weighted by molar-refractivity contribution is -0.135. The molecule has 1 unspecified atom stereocenters. The van der Waals surface area contributed by atoms with Crippen LogP contribution in [-0.2, 0) is 20.9 Å². The molecule has 3 fully saturated rings. The first-order valence-electron chi connectivity index (χ1n) is 10.7. The van der Waals surface area contributed by atoms with E-state index in [1.807, 2.05) is 12.1 Å². The Morgan fingerprint density at radius 2 is 1.76 bits per heavy atom. The molecule has 3 heterocycles. The number of hydrogen-bond donors (Lipinski definition) is 1. The van der Waals surface area contributed by atoms with E-state index in [1.54, 1.807) is 0 Å². The van der Waals surface area contributed by atoms with Gasteiger partial charge in [0.2, 0.25) is 11.8 Å². The first-order chi connectivity index (χ1) is 14.0. The number of carbonyl (C=O) groups is 2. The third-order valence-corrected chi connectivity index (χ3v) is 6.50. The lowest BCUT2D eigenvalue weighted by atomic mass is 9.85. The second-order valence-electron chi connectivity index (χ2n) is 8.62. The summed E-state index contributed by atoms with van der Waals surface area (Å²) in [5.41, 5.74) is 1.85. The molecule has 1 atom stereocenters. The monoisotopic (exact) mass is 400 g/mol. The number of ether oxygens (including phenoxy) is 1. The fourth-order valence-corrected chi connectivity index (χ4v) is 4.82. The Morgan fingerprint density at radius 1 is 1.03 bits per heavy atom. The van der Waals surface area contributed by atoms with Gasteiger partial charge in [-0.2, -0.15) is 0 Å². The van der Waals surface area contributed by atoms with Gasteiger partial charge in [-0.15, -0.1) is 0 Å². The molecule has 3 aliphatic heterocycles. The molecule has 0 aromatic heterocycles. The summed E-state index contributed by atoms with van der Waals surface area (Å²) in [5, 5.41) is 2.80. The lowest BCUT2D eigenvalue weighted by Gasteiger charge is -2.29. The minimum absolute atomic E-state index is 0.0582. The number of benzene rings is 1. The van der Waals surface area contributed by atoms with E-state index in [-0.39, 0.29) is 11.3 Å². The molecule has 2 amide bonds. The molecule has 29 heavy (non-hydrogen) atoms. The molecular formula is C22H32N4O3. The molecule has 0 bridgehead atoms. The van der Waals surface area contributed by atoms with Crippen LogP contribution in [0.2, 0.25) is 0 Å². The van der Waals surface area contributed by atoms with Gasteiger partial charge in [0.25, 0.3) is 0 Å². The predicted molar refractivity (Wildman–Crippen MR) is 112 cm³/mol. The van der Waals surface area contributed by atoms with Crippen LogP contribution < -0.4 is 5.32 Å². The van der Waals surface area contributed by atoms with Crippen molar-refractivity contribution in [3.05, 3.63) is 29.8 Å². The summed E-state index contributed by atoms with van der Waals surface area (Å²) in [6.07, 6.45) is 1.94. The highest BCUT2D eigenvalue weighted by Gasteiger charge is 2.50. The number of amides is 2. The van der Waals surface area contributed by atoms with Crippen LogP contribution in [0, 0.1) is 5.41 Å². The van der Waals surface area contributed by atoms with Crippen molar-refractivity contribution in [3.63, 3.8) is 0 Å². The highest BCUT2D eigenvalue weighted by molar-refractivity contribution is 5.88. The molecule has 0 radical (unpaired) electrons. The zero-order valence-corrected chi connectivity index (χ0v) is 17.4. The average molecular weight is 401 g/mol. The molecule has 0 saturated carbocycles. The second-order valence-corrected chi connectivity index (χ2v) is 8.62. The smallest absolute Gasteiger partial charge is 0.230 e. The van der Waals surface area contributed by atoms with Gasteiger partial charge in [0.1, 0.15) is 0 Å². The van der Waals surface area contributed by atoms with Gasteiger partial charge >= 0.3 is 0 Å². The topological polar surface area (TPSA) is 65.1 Å². The quantitative estimate of drug-likeness (QED) is 0.782. The Balaban J connectivity index is 1.28. The zero-order valence-electron chi connectivity index (χ0n) is 17.4. The van der Waals surface area contributed by atoms with Gasteiger partial charge in [-0.05, 0) is 37.1 Å². The van der Waals surface area contributed by atoms with E-state index in [9.17, 15) is 9.59 Å². The van der Waals surface area contributed by atoms with E-state index >= 15 is 0 Å². The van der Waals surface area contributed by atoms with Gasteiger partial charge in [0.05, 0.1) is 18.6 Å². The van der Waals surface area contributed by atoms with Gasteiger partial charge in [0, 0.05) is 58.4 Å². The number of nitrogens with one attached hydrogen (secondary N) is 1. The normalized spacial score (nSPS) is 25.8. The van der Waals surface area contributed by atoms with E-state index in [0.29, 0.717) is 5.91 Å². The summed E-state index contributed by atoms with van der Waals surface area (Å²) in [7, 11) is 0. The van der Waals surface area contributed by atoms with Gasteiger partial charge in [-0.25, -0.2) is 0 Å². The molecule has 1 spiro atoms. The van der Waals surface area contributed by atoms with Crippen LogP contribution in [0.25, 0.3) is 0 Å². The zero-order chi connectivity index (χ0) is 20.3. The first-order valence-corrected chi connectivity index (χ1v) is 10.7. The third-order valence-electron chi connectivity index (χ3n) is 6.50. The van der Waals surface area contributed by atoms with Gasteiger partial charge < -0.3 is 15.0 Å². The molecule has 7 nitrogen and oxygen atoms in total. The number of anilines is 1. The summed E-state index contributed by atoms with van der Waals surface area (Å²) in [4.78, 5) is 31.2. The van der Waals surface area contributed by atoms with Crippen molar-refractivity contribution in [2.75, 3.05) is 64.3 Å².